The topological polar surface area (TPSA) is 50.1 Å². The molecule has 0 aliphatic rings. The molecule has 0 saturated carbocycles. The molecular weight excluding hydrogens is 226 g/mol. The van der Waals surface area contributed by atoms with Crippen LogP contribution >= 0.6 is 0 Å². The van der Waals surface area contributed by atoms with E-state index in [1.54, 1.807) is 6.20 Å². The van der Waals surface area contributed by atoms with Gasteiger partial charge in [0.2, 0.25) is 0 Å². The first-order chi connectivity index (χ1) is 8.81. The third-order valence-corrected chi connectivity index (χ3v) is 2.91. The lowest BCUT2D eigenvalue weighted by Crippen LogP contribution is -2.26. The van der Waals surface area contributed by atoms with Crippen molar-refractivity contribution < 1.29 is 5.11 Å². The van der Waals surface area contributed by atoms with E-state index < -0.39 is 0 Å². The highest BCUT2D eigenvalue weighted by Gasteiger charge is 2.05. The van der Waals surface area contributed by atoms with Gasteiger partial charge in [0.15, 0.2) is 0 Å². The van der Waals surface area contributed by atoms with E-state index in [0.717, 1.165) is 18.7 Å². The van der Waals surface area contributed by atoms with Crippen molar-refractivity contribution >= 4 is 0 Å². The van der Waals surface area contributed by atoms with Gasteiger partial charge in [-0.3, -0.25) is 0 Å². The molecule has 0 aliphatic heterocycles. The number of aromatic nitrogens is 2. The molecule has 4 nitrogen and oxygen atoms in total. The summed E-state index contributed by atoms with van der Waals surface area (Å²) >= 11 is 0. The quantitative estimate of drug-likeness (QED) is 0.815. The zero-order valence-electron chi connectivity index (χ0n) is 10.6. The summed E-state index contributed by atoms with van der Waals surface area (Å²) in [7, 11) is 0. The van der Waals surface area contributed by atoms with E-state index in [2.05, 4.69) is 16.5 Å². The van der Waals surface area contributed by atoms with Gasteiger partial charge in [0.25, 0.3) is 0 Å². The van der Waals surface area contributed by atoms with Gasteiger partial charge in [-0.05, 0) is 24.1 Å². The normalized spacial score (nSPS) is 12.6. The van der Waals surface area contributed by atoms with Gasteiger partial charge >= 0.3 is 0 Å². The molecule has 0 amide bonds. The van der Waals surface area contributed by atoms with Crippen LogP contribution in [0, 0.1) is 0 Å². The minimum absolute atomic E-state index is 0.276. The third kappa shape index (κ3) is 3.18. The molecule has 18 heavy (non-hydrogen) atoms. The fourth-order valence-electron chi connectivity index (χ4n) is 1.81. The molecule has 0 bridgehead atoms. The van der Waals surface area contributed by atoms with Crippen LogP contribution in [0.5, 0.6) is 0 Å². The first kappa shape index (κ1) is 12.8. The van der Waals surface area contributed by atoms with Gasteiger partial charge < -0.3 is 10.4 Å². The number of hydrogen-bond donors (Lipinski definition) is 2. The molecule has 0 saturated heterocycles. The maximum atomic E-state index is 9.51. The Kier molecular flexibility index (Phi) is 4.50. The number of para-hydroxylation sites is 1. The molecule has 0 radical (unpaired) electrons. The highest BCUT2D eigenvalue weighted by molar-refractivity contribution is 5.40. The Morgan fingerprint density at radius 3 is 2.89 bits per heavy atom. The maximum absolute atomic E-state index is 9.51. The van der Waals surface area contributed by atoms with E-state index in [0.29, 0.717) is 6.54 Å². The third-order valence-electron chi connectivity index (χ3n) is 2.91. The Bertz CT molecular complexity index is 468. The zero-order valence-corrected chi connectivity index (χ0v) is 10.6. The number of benzene rings is 1. The molecule has 1 heterocycles. The summed E-state index contributed by atoms with van der Waals surface area (Å²) in [6, 6.07) is 10.0. The molecule has 0 fully saturated rings. The Balaban J connectivity index is 2.04. The van der Waals surface area contributed by atoms with Gasteiger partial charge in [-0.1, -0.05) is 25.1 Å². The average Bonchev–Trinajstić information content (AvgIpc) is 2.93. The summed E-state index contributed by atoms with van der Waals surface area (Å²) in [5.41, 5.74) is 2.24. The fourth-order valence-corrected chi connectivity index (χ4v) is 1.81. The molecule has 0 aliphatic carbocycles. The summed E-state index contributed by atoms with van der Waals surface area (Å²) in [5.74, 6) is 0. The molecule has 1 atom stereocenters. The van der Waals surface area contributed by atoms with E-state index in [1.807, 2.05) is 42.1 Å². The summed E-state index contributed by atoms with van der Waals surface area (Å²) in [6.45, 7) is 3.32. The first-order valence-corrected chi connectivity index (χ1v) is 6.28. The Morgan fingerprint density at radius 1 is 1.33 bits per heavy atom. The molecule has 1 aromatic carbocycles. The van der Waals surface area contributed by atoms with Crippen LogP contribution in [0.1, 0.15) is 18.9 Å². The lowest BCUT2D eigenvalue weighted by Gasteiger charge is -2.12. The van der Waals surface area contributed by atoms with Crippen molar-refractivity contribution in [2.45, 2.75) is 26.0 Å². The molecule has 0 spiro atoms. The van der Waals surface area contributed by atoms with Crippen LogP contribution in [0.15, 0.2) is 42.7 Å². The van der Waals surface area contributed by atoms with Crippen molar-refractivity contribution in [3.05, 3.63) is 48.3 Å². The molecule has 1 aromatic heterocycles. The lowest BCUT2D eigenvalue weighted by molar-refractivity contribution is 0.167. The number of nitrogens with zero attached hydrogens (tertiary/aromatic N) is 2. The zero-order chi connectivity index (χ0) is 12.8. The van der Waals surface area contributed by atoms with Crippen LogP contribution in [0.4, 0.5) is 0 Å². The van der Waals surface area contributed by atoms with E-state index in [1.165, 1.54) is 5.56 Å². The maximum Gasteiger partial charge on any atom is 0.0690 e. The smallest absolute Gasteiger partial charge is 0.0690 e. The number of nitrogens with one attached hydrogen (secondary N) is 1. The van der Waals surface area contributed by atoms with E-state index in [-0.39, 0.29) is 6.10 Å². The number of rotatable bonds is 6. The Hall–Kier alpha value is -1.65. The fraction of sp³-hybridized carbons (Fsp3) is 0.357. The van der Waals surface area contributed by atoms with Crippen molar-refractivity contribution in [3.63, 3.8) is 0 Å². The number of aliphatic hydroxyl groups excluding tert-OH is 1. The van der Waals surface area contributed by atoms with Crippen molar-refractivity contribution in [2.24, 2.45) is 0 Å². The minimum atomic E-state index is -0.276. The lowest BCUT2D eigenvalue weighted by atomic mass is 10.1. The van der Waals surface area contributed by atoms with E-state index in [9.17, 15) is 5.11 Å². The summed E-state index contributed by atoms with van der Waals surface area (Å²) < 4.78 is 1.85. The molecule has 2 N–H and O–H groups in total. The number of hydrogen-bond acceptors (Lipinski definition) is 3. The second-order valence-corrected chi connectivity index (χ2v) is 4.27. The van der Waals surface area contributed by atoms with Crippen LogP contribution < -0.4 is 5.32 Å². The standard InChI is InChI=1S/C14H19N3O/c1-2-13(18)11-15-10-12-6-3-4-7-14(12)17-9-5-8-16-17/h3-9,13,15,18H,2,10-11H2,1H3. The van der Waals surface area contributed by atoms with Gasteiger partial charge in [-0.2, -0.15) is 5.10 Å². The van der Waals surface area contributed by atoms with Crippen LogP contribution in [-0.2, 0) is 6.54 Å². The largest absolute Gasteiger partial charge is 0.392 e. The Labute approximate surface area is 107 Å². The van der Waals surface area contributed by atoms with E-state index >= 15 is 0 Å². The van der Waals surface area contributed by atoms with Crippen molar-refractivity contribution in [3.8, 4) is 5.69 Å². The van der Waals surface area contributed by atoms with Crippen LogP contribution in [-0.4, -0.2) is 27.5 Å². The Morgan fingerprint density at radius 2 is 2.17 bits per heavy atom. The monoisotopic (exact) mass is 245 g/mol. The summed E-state index contributed by atoms with van der Waals surface area (Å²) in [4.78, 5) is 0. The van der Waals surface area contributed by atoms with Crippen LogP contribution in [0.3, 0.4) is 0 Å². The molecule has 4 heteroatoms. The van der Waals surface area contributed by atoms with Crippen molar-refractivity contribution in [1.29, 1.82) is 0 Å². The predicted molar refractivity (Wildman–Crippen MR) is 71.6 cm³/mol. The highest BCUT2D eigenvalue weighted by atomic mass is 16.3. The average molecular weight is 245 g/mol. The van der Waals surface area contributed by atoms with E-state index in [4.69, 9.17) is 0 Å². The first-order valence-electron chi connectivity index (χ1n) is 6.28. The molecule has 2 rings (SSSR count). The highest BCUT2D eigenvalue weighted by Crippen LogP contribution is 2.12. The van der Waals surface area contributed by atoms with Crippen molar-refractivity contribution in [2.75, 3.05) is 6.54 Å². The summed E-state index contributed by atoms with van der Waals surface area (Å²) in [5, 5.41) is 17.0. The second-order valence-electron chi connectivity index (χ2n) is 4.27. The van der Waals surface area contributed by atoms with Gasteiger partial charge in [0, 0.05) is 25.5 Å². The van der Waals surface area contributed by atoms with Gasteiger partial charge in [0.05, 0.1) is 11.8 Å². The SMILES string of the molecule is CCC(O)CNCc1ccccc1-n1cccn1. The van der Waals surface area contributed by atoms with Gasteiger partial charge in [0.1, 0.15) is 0 Å². The van der Waals surface area contributed by atoms with Crippen LogP contribution in [0.25, 0.3) is 5.69 Å². The summed E-state index contributed by atoms with van der Waals surface area (Å²) in [6.07, 6.45) is 4.19. The molecular formula is C14H19N3O. The molecule has 1 unspecified atom stereocenters. The molecule has 2 aromatic rings. The predicted octanol–water partition coefficient (Wildman–Crippen LogP) is 1.73. The minimum Gasteiger partial charge on any atom is -0.392 e. The second kappa shape index (κ2) is 6.33. The van der Waals surface area contributed by atoms with Gasteiger partial charge in [-0.25, -0.2) is 4.68 Å². The van der Waals surface area contributed by atoms with Crippen LogP contribution in [0.2, 0.25) is 0 Å². The number of aliphatic hydroxyl groups is 1. The molecule has 96 valence electrons. The van der Waals surface area contributed by atoms with Crippen molar-refractivity contribution in [1.82, 2.24) is 15.1 Å². The van der Waals surface area contributed by atoms with Gasteiger partial charge in [-0.15, -0.1) is 0 Å².